The topological polar surface area (TPSA) is 44.5 Å². The number of hydrogen-bond acceptors (Lipinski definition) is 4. The molecule has 5 nitrogen and oxygen atoms in total. The minimum absolute atomic E-state index is 0.209. The fourth-order valence-corrected chi connectivity index (χ4v) is 3.10. The molecule has 1 aromatic rings. The molecule has 1 atom stereocenters. The van der Waals surface area contributed by atoms with E-state index in [2.05, 4.69) is 28.1 Å². The zero-order valence-corrected chi connectivity index (χ0v) is 13.0. The molecule has 0 aromatic carbocycles. The lowest BCUT2D eigenvalue weighted by Gasteiger charge is -2.34. The Morgan fingerprint density at radius 3 is 2.70 bits per heavy atom. The molecule has 1 aliphatic rings. The van der Waals surface area contributed by atoms with E-state index in [1.54, 1.807) is 0 Å². The van der Waals surface area contributed by atoms with E-state index >= 15 is 0 Å². The number of aliphatic hydroxyl groups is 1. The van der Waals surface area contributed by atoms with Gasteiger partial charge in [0.2, 0.25) is 0 Å². The zero-order valence-electron chi connectivity index (χ0n) is 13.0. The predicted molar refractivity (Wildman–Crippen MR) is 80.4 cm³/mol. The van der Waals surface area contributed by atoms with Gasteiger partial charge in [-0.1, -0.05) is 0 Å². The maximum atomic E-state index is 9.42. The lowest BCUT2D eigenvalue weighted by atomic mass is 9.96. The third-order valence-electron chi connectivity index (χ3n) is 4.01. The van der Waals surface area contributed by atoms with Crippen LogP contribution in [0.2, 0.25) is 0 Å². The Bertz CT molecular complexity index is 396. The van der Waals surface area contributed by atoms with Crippen LogP contribution in [0.25, 0.3) is 0 Å². The van der Waals surface area contributed by atoms with E-state index in [1.807, 2.05) is 24.9 Å². The average molecular weight is 280 g/mol. The van der Waals surface area contributed by atoms with Gasteiger partial charge >= 0.3 is 0 Å². The van der Waals surface area contributed by atoms with E-state index in [1.165, 1.54) is 18.4 Å². The number of rotatable bonds is 6. The first-order valence-corrected chi connectivity index (χ1v) is 7.59. The van der Waals surface area contributed by atoms with Gasteiger partial charge in [-0.2, -0.15) is 5.10 Å². The highest BCUT2D eigenvalue weighted by atomic mass is 16.3. The van der Waals surface area contributed by atoms with E-state index in [0.717, 1.165) is 38.6 Å². The van der Waals surface area contributed by atoms with Crippen LogP contribution in [0.4, 0.5) is 0 Å². The summed E-state index contributed by atoms with van der Waals surface area (Å²) in [5.41, 5.74) is 1.28. The number of β-amino-alcohol motifs (C(OH)–C–C–N with tert-alkyl or cyclic N) is 1. The van der Waals surface area contributed by atoms with Gasteiger partial charge < -0.3 is 14.9 Å². The summed E-state index contributed by atoms with van der Waals surface area (Å²) in [5, 5.41) is 13.6. The van der Waals surface area contributed by atoms with Crippen molar-refractivity contribution in [3.63, 3.8) is 0 Å². The standard InChI is InChI=1S/C15H28N4O/c1-13(20)9-19-6-4-14(5-7-19)10-17(2)11-15-8-16-18(3)12-15/h8,12-14,20H,4-7,9-11H2,1-3H3. The van der Waals surface area contributed by atoms with Gasteiger partial charge in [0.25, 0.3) is 0 Å². The molecule has 1 aliphatic heterocycles. The van der Waals surface area contributed by atoms with E-state index in [-0.39, 0.29) is 6.10 Å². The molecule has 1 N–H and O–H groups in total. The molecule has 0 aliphatic carbocycles. The second-order valence-electron chi connectivity index (χ2n) is 6.31. The normalized spacial score (nSPS) is 19.6. The average Bonchev–Trinajstić information content (AvgIpc) is 2.76. The summed E-state index contributed by atoms with van der Waals surface area (Å²) in [6.07, 6.45) is 6.30. The molecule has 1 unspecified atom stereocenters. The number of aryl methyl sites for hydroxylation is 1. The first-order valence-electron chi connectivity index (χ1n) is 7.59. The molecule has 0 saturated carbocycles. The second-order valence-corrected chi connectivity index (χ2v) is 6.31. The van der Waals surface area contributed by atoms with Crippen LogP contribution in [0.3, 0.4) is 0 Å². The number of nitrogens with zero attached hydrogens (tertiary/aromatic N) is 4. The molecule has 1 aromatic heterocycles. The largest absolute Gasteiger partial charge is 0.392 e. The minimum atomic E-state index is -0.209. The van der Waals surface area contributed by atoms with Gasteiger partial charge in [0, 0.05) is 38.4 Å². The Balaban J connectivity index is 1.69. The van der Waals surface area contributed by atoms with E-state index in [4.69, 9.17) is 0 Å². The smallest absolute Gasteiger partial charge is 0.0639 e. The van der Waals surface area contributed by atoms with Gasteiger partial charge in [0.1, 0.15) is 0 Å². The maximum Gasteiger partial charge on any atom is 0.0639 e. The zero-order chi connectivity index (χ0) is 14.5. The third kappa shape index (κ3) is 4.89. The fourth-order valence-electron chi connectivity index (χ4n) is 3.10. The molecule has 2 heterocycles. The molecule has 5 heteroatoms. The van der Waals surface area contributed by atoms with Crippen LogP contribution in [-0.2, 0) is 13.6 Å². The van der Waals surface area contributed by atoms with Crippen molar-refractivity contribution >= 4 is 0 Å². The molecule has 2 rings (SSSR count). The van der Waals surface area contributed by atoms with Gasteiger partial charge in [-0.15, -0.1) is 0 Å². The Hall–Kier alpha value is -0.910. The van der Waals surface area contributed by atoms with Crippen LogP contribution in [0.15, 0.2) is 12.4 Å². The quantitative estimate of drug-likeness (QED) is 0.842. The summed E-state index contributed by atoms with van der Waals surface area (Å²) < 4.78 is 1.86. The summed E-state index contributed by atoms with van der Waals surface area (Å²) in [7, 11) is 4.15. The van der Waals surface area contributed by atoms with Crippen molar-refractivity contribution in [2.45, 2.75) is 32.4 Å². The van der Waals surface area contributed by atoms with Gasteiger partial charge in [0.05, 0.1) is 12.3 Å². The molecule has 0 spiro atoms. The number of aliphatic hydroxyl groups excluding tert-OH is 1. The molecular formula is C15H28N4O. The number of likely N-dealkylation sites (tertiary alicyclic amines) is 1. The van der Waals surface area contributed by atoms with Crippen molar-refractivity contribution < 1.29 is 5.11 Å². The number of aromatic nitrogens is 2. The first kappa shape index (κ1) is 15.5. The summed E-state index contributed by atoms with van der Waals surface area (Å²) in [6, 6.07) is 0. The highest BCUT2D eigenvalue weighted by Crippen LogP contribution is 2.18. The summed E-state index contributed by atoms with van der Waals surface area (Å²) >= 11 is 0. The van der Waals surface area contributed by atoms with E-state index in [9.17, 15) is 5.11 Å². The molecule has 0 amide bonds. The van der Waals surface area contributed by atoms with Crippen LogP contribution in [0.5, 0.6) is 0 Å². The summed E-state index contributed by atoms with van der Waals surface area (Å²) in [4.78, 5) is 4.77. The lowest BCUT2D eigenvalue weighted by molar-refractivity contribution is 0.0919. The maximum absolute atomic E-state index is 9.42. The van der Waals surface area contributed by atoms with Crippen LogP contribution in [-0.4, -0.2) is 64.0 Å². The molecule has 0 radical (unpaired) electrons. The number of hydrogen-bond donors (Lipinski definition) is 1. The van der Waals surface area contributed by atoms with Crippen molar-refractivity contribution in [2.75, 3.05) is 33.2 Å². The number of piperidine rings is 1. The van der Waals surface area contributed by atoms with Crippen LogP contribution in [0, 0.1) is 5.92 Å². The van der Waals surface area contributed by atoms with Gasteiger partial charge in [0.15, 0.2) is 0 Å². The second kappa shape index (κ2) is 7.20. The van der Waals surface area contributed by atoms with Crippen molar-refractivity contribution in [2.24, 2.45) is 13.0 Å². The van der Waals surface area contributed by atoms with E-state index in [0.29, 0.717) is 0 Å². The van der Waals surface area contributed by atoms with Crippen molar-refractivity contribution in [1.29, 1.82) is 0 Å². The molecule has 0 bridgehead atoms. The Morgan fingerprint density at radius 2 is 2.15 bits per heavy atom. The molecule has 20 heavy (non-hydrogen) atoms. The Labute approximate surface area is 122 Å². The predicted octanol–water partition coefficient (Wildman–Crippen LogP) is 0.945. The van der Waals surface area contributed by atoms with Gasteiger partial charge in [-0.05, 0) is 45.8 Å². The van der Waals surface area contributed by atoms with Crippen molar-refractivity contribution in [1.82, 2.24) is 19.6 Å². The lowest BCUT2D eigenvalue weighted by Crippen LogP contribution is -2.40. The van der Waals surface area contributed by atoms with E-state index < -0.39 is 0 Å². The van der Waals surface area contributed by atoms with Gasteiger partial charge in [-0.3, -0.25) is 4.68 Å². The highest BCUT2D eigenvalue weighted by molar-refractivity contribution is 5.03. The summed E-state index contributed by atoms with van der Waals surface area (Å²) in [5.74, 6) is 0.780. The van der Waals surface area contributed by atoms with Gasteiger partial charge in [-0.25, -0.2) is 0 Å². The molecule has 1 fully saturated rings. The van der Waals surface area contributed by atoms with Crippen molar-refractivity contribution in [3.8, 4) is 0 Å². The minimum Gasteiger partial charge on any atom is -0.392 e. The van der Waals surface area contributed by atoms with Crippen LogP contribution < -0.4 is 0 Å². The summed E-state index contributed by atoms with van der Waals surface area (Å²) in [6.45, 7) is 7.05. The fraction of sp³-hybridized carbons (Fsp3) is 0.800. The molecular weight excluding hydrogens is 252 g/mol. The Morgan fingerprint density at radius 1 is 1.45 bits per heavy atom. The third-order valence-corrected chi connectivity index (χ3v) is 4.01. The molecule has 1 saturated heterocycles. The Kier molecular flexibility index (Phi) is 5.57. The highest BCUT2D eigenvalue weighted by Gasteiger charge is 2.21. The monoisotopic (exact) mass is 280 g/mol. The van der Waals surface area contributed by atoms with Crippen LogP contribution >= 0.6 is 0 Å². The van der Waals surface area contributed by atoms with Crippen LogP contribution in [0.1, 0.15) is 25.3 Å². The molecule has 114 valence electrons. The van der Waals surface area contributed by atoms with Crippen molar-refractivity contribution in [3.05, 3.63) is 18.0 Å². The SMILES string of the molecule is CC(O)CN1CCC(CN(C)Cc2cnn(C)c2)CC1. The first-order chi connectivity index (χ1) is 9.52.